The predicted molar refractivity (Wildman–Crippen MR) is 120 cm³/mol. The van der Waals surface area contributed by atoms with Crippen molar-refractivity contribution in [2.24, 2.45) is 5.84 Å². The molecule has 162 valence electrons. The van der Waals surface area contributed by atoms with Gasteiger partial charge in [0.2, 0.25) is 0 Å². The number of nitrogens with one attached hydrogen (secondary N) is 2. The van der Waals surface area contributed by atoms with Crippen molar-refractivity contribution in [2.45, 2.75) is 0 Å². The van der Waals surface area contributed by atoms with Crippen LogP contribution in [0.2, 0.25) is 0 Å². The summed E-state index contributed by atoms with van der Waals surface area (Å²) in [4.78, 5) is 34.1. The first-order valence-electron chi connectivity index (χ1n) is 9.77. The molecule has 0 spiro atoms. The Morgan fingerprint density at radius 2 is 1.94 bits per heavy atom. The highest BCUT2D eigenvalue weighted by molar-refractivity contribution is 5.94. The first-order valence-corrected chi connectivity index (χ1v) is 9.77. The van der Waals surface area contributed by atoms with Crippen molar-refractivity contribution in [3.8, 4) is 28.7 Å². The quantitative estimate of drug-likeness (QED) is 0.218. The van der Waals surface area contributed by atoms with E-state index in [1.807, 2.05) is 6.07 Å². The van der Waals surface area contributed by atoms with E-state index in [4.69, 9.17) is 5.84 Å². The number of urea groups is 1. The second-order valence-corrected chi connectivity index (χ2v) is 7.42. The number of aromatic amines is 2. The molecule has 0 aliphatic carbocycles. The number of fused-ring (bicyclic) bond motifs is 2. The minimum absolute atomic E-state index is 0.380. The van der Waals surface area contributed by atoms with Gasteiger partial charge in [0.15, 0.2) is 17.1 Å². The van der Waals surface area contributed by atoms with E-state index in [1.165, 1.54) is 11.1 Å². The number of pyridine rings is 3. The van der Waals surface area contributed by atoms with Crippen LogP contribution in [0.15, 0.2) is 43.0 Å². The molecule has 0 saturated heterocycles. The summed E-state index contributed by atoms with van der Waals surface area (Å²) in [5.74, 6) is 6.41. The fraction of sp³-hybridized carbons (Fsp3) is 0.0952. The van der Waals surface area contributed by atoms with Crippen molar-refractivity contribution in [3.63, 3.8) is 0 Å². The molecule has 5 aromatic rings. The highest BCUT2D eigenvalue weighted by Crippen LogP contribution is 2.30. The van der Waals surface area contributed by atoms with Gasteiger partial charge in [-0.15, -0.1) is 0 Å². The predicted octanol–water partition coefficient (Wildman–Crippen LogP) is 2.19. The average Bonchev–Trinajstić information content (AvgIpc) is 3.46. The third-order valence-corrected chi connectivity index (χ3v) is 5.07. The van der Waals surface area contributed by atoms with Gasteiger partial charge in [-0.05, 0) is 18.2 Å². The molecule has 0 saturated carbocycles. The molecule has 0 bridgehead atoms. The van der Waals surface area contributed by atoms with E-state index >= 15 is 0 Å². The summed E-state index contributed by atoms with van der Waals surface area (Å²) in [5.41, 5.74) is 4.39. The number of nitrogens with zero attached hydrogens (tertiary/aromatic N) is 8. The molecule has 12 heteroatoms. The summed E-state index contributed by atoms with van der Waals surface area (Å²) >= 11 is 0. The summed E-state index contributed by atoms with van der Waals surface area (Å²) < 4.78 is 0. The molecule has 0 aliphatic heterocycles. The normalized spacial score (nSPS) is 11.0. The first-order chi connectivity index (χ1) is 16.0. The average molecular weight is 439 g/mol. The number of hydrogen-bond donors (Lipinski definition) is 3. The molecule has 4 N–H and O–H groups in total. The van der Waals surface area contributed by atoms with Crippen LogP contribution in [0.25, 0.3) is 44.8 Å². The van der Waals surface area contributed by atoms with Crippen molar-refractivity contribution in [3.05, 3.63) is 48.5 Å². The van der Waals surface area contributed by atoms with Crippen LogP contribution in [0.5, 0.6) is 0 Å². The first kappa shape index (κ1) is 20.0. The molecule has 0 radical (unpaired) electrons. The van der Waals surface area contributed by atoms with Gasteiger partial charge in [0.25, 0.3) is 0 Å². The third kappa shape index (κ3) is 3.38. The molecular weight excluding hydrogens is 422 g/mol. The summed E-state index contributed by atoms with van der Waals surface area (Å²) in [6, 6.07) is 6.99. The molecule has 0 atom stereocenters. The molecule has 0 aliphatic rings. The molecule has 0 unspecified atom stereocenters. The van der Waals surface area contributed by atoms with E-state index in [2.05, 4.69) is 41.2 Å². The Balaban J connectivity index is 1.58. The lowest BCUT2D eigenvalue weighted by molar-refractivity contribution is 0.224. The Labute approximate surface area is 186 Å². The van der Waals surface area contributed by atoms with Crippen LogP contribution in [0.4, 0.5) is 10.5 Å². The van der Waals surface area contributed by atoms with Gasteiger partial charge in [-0.2, -0.15) is 10.4 Å². The van der Waals surface area contributed by atoms with Crippen LogP contribution in [0.1, 0.15) is 5.56 Å². The number of hydrazine groups is 1. The number of nitriles is 1. The van der Waals surface area contributed by atoms with E-state index < -0.39 is 0 Å². The Kier molecular flexibility index (Phi) is 4.65. The number of carbonyl (C=O) groups is 1. The van der Waals surface area contributed by atoms with Gasteiger partial charge in [-0.3, -0.25) is 10.1 Å². The summed E-state index contributed by atoms with van der Waals surface area (Å²) in [5, 5.41) is 18.3. The van der Waals surface area contributed by atoms with Crippen molar-refractivity contribution in [1.82, 2.24) is 40.0 Å². The fourth-order valence-corrected chi connectivity index (χ4v) is 3.40. The van der Waals surface area contributed by atoms with Crippen molar-refractivity contribution >= 4 is 33.9 Å². The topological polar surface area (TPSA) is 169 Å². The molecular formula is C21H17N11O. The molecule has 33 heavy (non-hydrogen) atoms. The van der Waals surface area contributed by atoms with Crippen LogP contribution in [0.3, 0.4) is 0 Å². The fourth-order valence-electron chi connectivity index (χ4n) is 3.40. The van der Waals surface area contributed by atoms with Gasteiger partial charge in [0.1, 0.15) is 17.3 Å². The molecule has 5 heterocycles. The number of aromatic nitrogens is 7. The van der Waals surface area contributed by atoms with Gasteiger partial charge in [0.05, 0.1) is 22.8 Å². The molecule has 5 aromatic heterocycles. The second-order valence-electron chi connectivity index (χ2n) is 7.42. The van der Waals surface area contributed by atoms with Crippen LogP contribution in [-0.2, 0) is 0 Å². The number of rotatable bonds is 3. The number of amides is 2. The van der Waals surface area contributed by atoms with Gasteiger partial charge in [-0.1, -0.05) is 0 Å². The number of H-pyrrole nitrogens is 2. The van der Waals surface area contributed by atoms with E-state index in [0.29, 0.717) is 50.5 Å². The highest BCUT2D eigenvalue weighted by Gasteiger charge is 2.18. The van der Waals surface area contributed by atoms with E-state index in [0.717, 1.165) is 10.6 Å². The van der Waals surface area contributed by atoms with Crippen molar-refractivity contribution in [2.75, 3.05) is 19.1 Å². The zero-order valence-corrected chi connectivity index (χ0v) is 17.6. The van der Waals surface area contributed by atoms with E-state index in [1.54, 1.807) is 44.8 Å². The Hall–Kier alpha value is -4.89. The maximum Gasteiger partial charge on any atom is 0.338 e. The monoisotopic (exact) mass is 439 g/mol. The standard InChI is InChI=1S/C21H17N11O/c1-31(2)21(33)32(23)14-5-12(8-24-10-14)13-6-15-17(29-30-18(15)26-9-13)20-27-16-11(7-22)3-4-25-19(16)28-20/h3-6,8-10H,23H2,1-2H3,(H,25,27,28)(H,26,29,30). The molecule has 2 amide bonds. The molecule has 0 aromatic carbocycles. The minimum atomic E-state index is -0.380. The molecule has 12 nitrogen and oxygen atoms in total. The maximum absolute atomic E-state index is 12.2. The Bertz CT molecular complexity index is 1560. The van der Waals surface area contributed by atoms with Gasteiger partial charge in [0, 0.05) is 43.8 Å². The van der Waals surface area contributed by atoms with Crippen LogP contribution >= 0.6 is 0 Å². The minimum Gasteiger partial charge on any atom is -0.329 e. The summed E-state index contributed by atoms with van der Waals surface area (Å²) in [6.45, 7) is 0. The van der Waals surface area contributed by atoms with Gasteiger partial charge in [-0.25, -0.2) is 30.6 Å². The molecule has 5 rings (SSSR count). The number of hydrogen-bond acceptors (Lipinski definition) is 8. The summed E-state index contributed by atoms with van der Waals surface area (Å²) in [6.07, 6.45) is 6.39. The Morgan fingerprint density at radius 1 is 1.12 bits per heavy atom. The van der Waals surface area contributed by atoms with Crippen LogP contribution < -0.4 is 10.9 Å². The number of imidazole rings is 1. The van der Waals surface area contributed by atoms with Crippen molar-refractivity contribution < 1.29 is 4.79 Å². The van der Waals surface area contributed by atoms with Crippen LogP contribution in [0, 0.1) is 11.3 Å². The Morgan fingerprint density at radius 3 is 2.73 bits per heavy atom. The highest BCUT2D eigenvalue weighted by atomic mass is 16.2. The van der Waals surface area contributed by atoms with Gasteiger partial charge >= 0.3 is 6.03 Å². The second kappa shape index (κ2) is 7.66. The third-order valence-electron chi connectivity index (χ3n) is 5.07. The lowest BCUT2D eigenvalue weighted by Crippen LogP contribution is -2.44. The van der Waals surface area contributed by atoms with Gasteiger partial charge < -0.3 is 9.88 Å². The summed E-state index contributed by atoms with van der Waals surface area (Å²) in [7, 11) is 3.23. The van der Waals surface area contributed by atoms with Crippen LogP contribution in [-0.4, -0.2) is 60.1 Å². The van der Waals surface area contributed by atoms with Crippen molar-refractivity contribution in [1.29, 1.82) is 5.26 Å². The SMILES string of the molecule is CN(C)C(=O)N(N)c1cncc(-c2cnc3[nH]nc(-c4nc5c(C#N)ccnc5[nH]4)c3c2)c1. The lowest BCUT2D eigenvalue weighted by Gasteiger charge is -2.21. The maximum atomic E-state index is 12.2. The number of anilines is 1. The number of nitrogens with two attached hydrogens (primary N) is 1. The zero-order valence-electron chi connectivity index (χ0n) is 17.6. The number of carbonyl (C=O) groups excluding carboxylic acids is 1. The van der Waals surface area contributed by atoms with E-state index in [-0.39, 0.29) is 6.03 Å². The smallest absolute Gasteiger partial charge is 0.329 e. The largest absolute Gasteiger partial charge is 0.338 e. The zero-order chi connectivity index (χ0) is 23.1. The lowest BCUT2D eigenvalue weighted by atomic mass is 10.1. The molecule has 0 fully saturated rings. The van der Waals surface area contributed by atoms with E-state index in [9.17, 15) is 10.1 Å².